The number of hydrogen-bond donors (Lipinski definition) is 1. The standard InChI is InChI=1S/C21H25IN2O3/c1-16-3-2-4-17(13-16)20(24-9-11-26-12-10-24)14-23-21(25)15-27-19-7-5-18(22)6-8-19/h2-8,13,20H,9-12,14-15H2,1H3,(H,23,25). The highest BCUT2D eigenvalue weighted by atomic mass is 127. The van der Waals surface area contributed by atoms with Crippen LogP contribution in [0.5, 0.6) is 5.75 Å². The van der Waals surface area contributed by atoms with E-state index in [0.717, 1.165) is 29.9 Å². The number of aryl methyl sites for hydroxylation is 1. The molecule has 0 radical (unpaired) electrons. The zero-order valence-corrected chi connectivity index (χ0v) is 17.6. The van der Waals surface area contributed by atoms with Crippen LogP contribution < -0.4 is 10.1 Å². The summed E-state index contributed by atoms with van der Waals surface area (Å²) in [6, 6.07) is 16.3. The van der Waals surface area contributed by atoms with E-state index in [-0.39, 0.29) is 18.6 Å². The van der Waals surface area contributed by atoms with E-state index in [9.17, 15) is 4.79 Å². The van der Waals surface area contributed by atoms with Crippen molar-refractivity contribution in [1.29, 1.82) is 0 Å². The van der Waals surface area contributed by atoms with Crippen molar-refractivity contribution >= 4 is 28.5 Å². The number of benzene rings is 2. The quantitative estimate of drug-likeness (QED) is 0.619. The number of nitrogens with zero attached hydrogens (tertiary/aromatic N) is 1. The van der Waals surface area contributed by atoms with E-state index in [4.69, 9.17) is 9.47 Å². The molecule has 0 bridgehead atoms. The zero-order valence-electron chi connectivity index (χ0n) is 15.5. The summed E-state index contributed by atoms with van der Waals surface area (Å²) in [4.78, 5) is 14.7. The van der Waals surface area contributed by atoms with Crippen molar-refractivity contribution < 1.29 is 14.3 Å². The monoisotopic (exact) mass is 480 g/mol. The maximum atomic E-state index is 12.3. The van der Waals surface area contributed by atoms with Crippen LogP contribution in [0, 0.1) is 10.5 Å². The first-order chi connectivity index (χ1) is 13.1. The zero-order chi connectivity index (χ0) is 19.1. The van der Waals surface area contributed by atoms with Gasteiger partial charge in [0.1, 0.15) is 5.75 Å². The Morgan fingerprint density at radius 1 is 1.22 bits per heavy atom. The predicted octanol–water partition coefficient (Wildman–Crippen LogP) is 3.17. The molecule has 144 valence electrons. The van der Waals surface area contributed by atoms with Gasteiger partial charge in [0.25, 0.3) is 5.91 Å². The molecule has 0 aromatic heterocycles. The number of amides is 1. The predicted molar refractivity (Wildman–Crippen MR) is 114 cm³/mol. The highest BCUT2D eigenvalue weighted by Gasteiger charge is 2.23. The lowest BCUT2D eigenvalue weighted by atomic mass is 10.0. The largest absolute Gasteiger partial charge is 0.484 e. The normalized spacial score (nSPS) is 15.9. The topological polar surface area (TPSA) is 50.8 Å². The van der Waals surface area contributed by atoms with Crippen molar-refractivity contribution in [2.24, 2.45) is 0 Å². The fourth-order valence-electron chi connectivity index (χ4n) is 3.17. The third kappa shape index (κ3) is 6.19. The van der Waals surface area contributed by atoms with Crippen LogP contribution >= 0.6 is 22.6 Å². The fourth-order valence-corrected chi connectivity index (χ4v) is 3.53. The number of carbonyl (C=O) groups excluding carboxylic acids is 1. The van der Waals surface area contributed by atoms with E-state index in [1.54, 1.807) is 0 Å². The van der Waals surface area contributed by atoms with E-state index >= 15 is 0 Å². The van der Waals surface area contributed by atoms with Crippen LogP contribution in [-0.4, -0.2) is 50.3 Å². The van der Waals surface area contributed by atoms with Gasteiger partial charge in [0.2, 0.25) is 0 Å². The van der Waals surface area contributed by atoms with Gasteiger partial charge < -0.3 is 14.8 Å². The molecule has 1 amide bonds. The smallest absolute Gasteiger partial charge is 0.258 e. The van der Waals surface area contributed by atoms with Gasteiger partial charge in [-0.05, 0) is 59.3 Å². The lowest BCUT2D eigenvalue weighted by Crippen LogP contribution is -2.44. The molecule has 5 nitrogen and oxygen atoms in total. The molecule has 1 aliphatic heterocycles. The molecular formula is C21H25IN2O3. The average molecular weight is 480 g/mol. The van der Waals surface area contributed by atoms with Gasteiger partial charge in [-0.2, -0.15) is 0 Å². The number of morpholine rings is 1. The first-order valence-corrected chi connectivity index (χ1v) is 10.2. The molecule has 2 aromatic carbocycles. The van der Waals surface area contributed by atoms with Gasteiger partial charge in [-0.25, -0.2) is 0 Å². The van der Waals surface area contributed by atoms with Gasteiger partial charge in [-0.15, -0.1) is 0 Å². The molecule has 1 heterocycles. The SMILES string of the molecule is Cc1cccc(C(CNC(=O)COc2ccc(I)cc2)N2CCOCC2)c1. The number of nitrogens with one attached hydrogen (secondary N) is 1. The van der Waals surface area contributed by atoms with Crippen molar-refractivity contribution in [3.63, 3.8) is 0 Å². The molecule has 1 aliphatic rings. The third-order valence-electron chi connectivity index (χ3n) is 4.59. The van der Waals surface area contributed by atoms with Crippen molar-refractivity contribution in [3.05, 3.63) is 63.2 Å². The van der Waals surface area contributed by atoms with Crippen LogP contribution in [0.25, 0.3) is 0 Å². The third-order valence-corrected chi connectivity index (χ3v) is 5.31. The molecule has 3 rings (SSSR count). The van der Waals surface area contributed by atoms with E-state index in [1.165, 1.54) is 11.1 Å². The van der Waals surface area contributed by atoms with Crippen LogP contribution in [0.3, 0.4) is 0 Å². The first-order valence-electron chi connectivity index (χ1n) is 9.15. The Labute approximate surface area is 174 Å². The van der Waals surface area contributed by atoms with Crippen LogP contribution in [0.1, 0.15) is 17.2 Å². The number of ether oxygens (including phenoxy) is 2. The Balaban J connectivity index is 1.58. The summed E-state index contributed by atoms with van der Waals surface area (Å²) >= 11 is 2.24. The molecule has 0 saturated carbocycles. The summed E-state index contributed by atoms with van der Waals surface area (Å²) in [7, 11) is 0. The van der Waals surface area contributed by atoms with Crippen LogP contribution in [0.2, 0.25) is 0 Å². The fraction of sp³-hybridized carbons (Fsp3) is 0.381. The molecule has 0 spiro atoms. The molecule has 2 aromatic rings. The Kier molecular flexibility index (Phi) is 7.49. The second-order valence-corrected chi connectivity index (χ2v) is 7.87. The van der Waals surface area contributed by atoms with Crippen molar-refractivity contribution in [1.82, 2.24) is 10.2 Å². The minimum atomic E-state index is -0.112. The summed E-state index contributed by atoms with van der Waals surface area (Å²) in [5.41, 5.74) is 2.44. The van der Waals surface area contributed by atoms with Gasteiger partial charge in [-0.3, -0.25) is 9.69 Å². The second-order valence-electron chi connectivity index (χ2n) is 6.62. The van der Waals surface area contributed by atoms with Crippen LogP contribution in [0.4, 0.5) is 0 Å². The maximum absolute atomic E-state index is 12.3. The first kappa shape index (κ1) is 20.1. The lowest BCUT2D eigenvalue weighted by Gasteiger charge is -2.35. The van der Waals surface area contributed by atoms with Gasteiger partial charge in [0.15, 0.2) is 6.61 Å². The molecule has 1 atom stereocenters. The summed E-state index contributed by atoms with van der Waals surface area (Å²) in [6.45, 7) is 5.86. The highest BCUT2D eigenvalue weighted by Crippen LogP contribution is 2.22. The molecule has 6 heteroatoms. The number of rotatable bonds is 7. The van der Waals surface area contributed by atoms with Crippen molar-refractivity contribution in [3.8, 4) is 5.75 Å². The molecule has 27 heavy (non-hydrogen) atoms. The molecule has 1 fully saturated rings. The van der Waals surface area contributed by atoms with E-state index in [1.807, 2.05) is 24.3 Å². The van der Waals surface area contributed by atoms with Gasteiger partial charge >= 0.3 is 0 Å². The number of carbonyl (C=O) groups is 1. The molecule has 0 aliphatic carbocycles. The maximum Gasteiger partial charge on any atom is 0.258 e. The van der Waals surface area contributed by atoms with E-state index < -0.39 is 0 Å². The number of halogens is 1. The highest BCUT2D eigenvalue weighted by molar-refractivity contribution is 14.1. The Bertz CT molecular complexity index is 745. The van der Waals surface area contributed by atoms with E-state index in [0.29, 0.717) is 12.3 Å². The van der Waals surface area contributed by atoms with Crippen molar-refractivity contribution in [2.75, 3.05) is 39.5 Å². The Hall–Kier alpha value is -1.64. The summed E-state index contributed by atoms with van der Waals surface area (Å²) in [5.74, 6) is 0.591. The van der Waals surface area contributed by atoms with Gasteiger partial charge in [-0.1, -0.05) is 29.8 Å². The van der Waals surface area contributed by atoms with E-state index in [2.05, 4.69) is 64.0 Å². The Morgan fingerprint density at radius 3 is 2.67 bits per heavy atom. The molecule has 1 unspecified atom stereocenters. The minimum absolute atomic E-state index is 0.0181. The molecule has 1 saturated heterocycles. The Morgan fingerprint density at radius 2 is 1.96 bits per heavy atom. The number of hydrogen-bond acceptors (Lipinski definition) is 4. The summed E-state index contributed by atoms with van der Waals surface area (Å²) in [6.07, 6.45) is 0. The lowest BCUT2D eigenvalue weighted by molar-refractivity contribution is -0.123. The minimum Gasteiger partial charge on any atom is -0.484 e. The summed E-state index contributed by atoms with van der Waals surface area (Å²) < 4.78 is 12.2. The van der Waals surface area contributed by atoms with Crippen LogP contribution in [0.15, 0.2) is 48.5 Å². The van der Waals surface area contributed by atoms with Gasteiger partial charge in [0.05, 0.1) is 19.3 Å². The molecule has 1 N–H and O–H groups in total. The molecular weight excluding hydrogens is 455 g/mol. The van der Waals surface area contributed by atoms with Crippen molar-refractivity contribution in [2.45, 2.75) is 13.0 Å². The van der Waals surface area contributed by atoms with Crippen LogP contribution in [-0.2, 0) is 9.53 Å². The summed E-state index contributed by atoms with van der Waals surface area (Å²) in [5, 5.41) is 3.03. The van der Waals surface area contributed by atoms with Gasteiger partial charge in [0, 0.05) is 23.2 Å². The average Bonchev–Trinajstić information content (AvgIpc) is 2.69. The second kappa shape index (κ2) is 10.1.